The fraction of sp³-hybridized carbons (Fsp3) is 0.500. The van der Waals surface area contributed by atoms with Crippen molar-refractivity contribution in [3.05, 3.63) is 48.0 Å². The van der Waals surface area contributed by atoms with Crippen LogP contribution in [0.2, 0.25) is 0 Å². The second-order valence-corrected chi connectivity index (χ2v) is 10.5. The predicted molar refractivity (Wildman–Crippen MR) is 150 cm³/mol. The first-order chi connectivity index (χ1) is 19.3. The van der Waals surface area contributed by atoms with Gasteiger partial charge in [0, 0.05) is 52.1 Å². The van der Waals surface area contributed by atoms with Crippen molar-refractivity contribution >= 4 is 35.0 Å². The van der Waals surface area contributed by atoms with Crippen LogP contribution in [0, 0.1) is 11.8 Å². The molecular formula is C28H38N8O4. The summed E-state index contributed by atoms with van der Waals surface area (Å²) in [6, 6.07) is 6.59. The summed E-state index contributed by atoms with van der Waals surface area (Å²) in [6.07, 6.45) is 6.40. The molecule has 2 fully saturated rings. The highest BCUT2D eigenvalue weighted by molar-refractivity contribution is 5.93. The van der Waals surface area contributed by atoms with Crippen LogP contribution in [-0.4, -0.2) is 82.7 Å². The zero-order valence-electron chi connectivity index (χ0n) is 22.7. The minimum Gasteiger partial charge on any atom is -0.397 e. The van der Waals surface area contributed by atoms with Crippen LogP contribution in [0.25, 0.3) is 0 Å². The summed E-state index contributed by atoms with van der Waals surface area (Å²) in [7, 11) is 0. The number of nitrogens with one attached hydrogen (secondary N) is 2. The minimum atomic E-state index is -0.150. The first-order valence-corrected chi connectivity index (χ1v) is 13.8. The van der Waals surface area contributed by atoms with Gasteiger partial charge in [0.1, 0.15) is 11.4 Å². The van der Waals surface area contributed by atoms with Gasteiger partial charge < -0.3 is 31.9 Å². The Morgan fingerprint density at radius 3 is 1.38 bits per heavy atom. The van der Waals surface area contributed by atoms with Crippen molar-refractivity contribution in [2.24, 2.45) is 11.8 Å². The number of nitrogens with two attached hydrogens (primary N) is 2. The molecule has 4 rings (SSSR count). The number of carbonyl (C=O) groups is 4. The number of piperidine rings is 2. The summed E-state index contributed by atoms with van der Waals surface area (Å²) >= 11 is 0. The van der Waals surface area contributed by atoms with E-state index in [1.807, 2.05) is 0 Å². The summed E-state index contributed by atoms with van der Waals surface area (Å²) in [4.78, 5) is 61.5. The van der Waals surface area contributed by atoms with Crippen molar-refractivity contribution in [2.45, 2.75) is 38.5 Å². The van der Waals surface area contributed by atoms with E-state index in [9.17, 15) is 19.2 Å². The number of nitrogens with zero attached hydrogens (tertiary/aromatic N) is 4. The molecule has 40 heavy (non-hydrogen) atoms. The summed E-state index contributed by atoms with van der Waals surface area (Å²) in [5.41, 5.74) is 13.1. The SMILES string of the molecule is Nc1ccc(C(=O)N2CCC(CNC(=O)CCC(=O)NCC3CCN(C(=O)c4ccc(N)cn4)CC3)CC2)nc1. The summed E-state index contributed by atoms with van der Waals surface area (Å²) < 4.78 is 0. The van der Waals surface area contributed by atoms with Gasteiger partial charge in [-0.2, -0.15) is 0 Å². The van der Waals surface area contributed by atoms with Gasteiger partial charge in [0.05, 0.1) is 23.8 Å². The number of rotatable bonds is 9. The smallest absolute Gasteiger partial charge is 0.272 e. The average Bonchev–Trinajstić information content (AvgIpc) is 2.98. The molecule has 0 aromatic carbocycles. The molecule has 0 saturated carbocycles. The van der Waals surface area contributed by atoms with Gasteiger partial charge in [-0.3, -0.25) is 19.2 Å². The number of aromatic nitrogens is 2. The molecule has 0 aliphatic carbocycles. The molecule has 6 N–H and O–H groups in total. The number of carbonyl (C=O) groups excluding carboxylic acids is 4. The van der Waals surface area contributed by atoms with Gasteiger partial charge in [-0.25, -0.2) is 9.97 Å². The molecular weight excluding hydrogens is 512 g/mol. The first-order valence-electron chi connectivity index (χ1n) is 13.8. The summed E-state index contributed by atoms with van der Waals surface area (Å²) in [5.74, 6) is 0.0566. The monoisotopic (exact) mass is 550 g/mol. The largest absolute Gasteiger partial charge is 0.397 e. The number of amides is 4. The highest BCUT2D eigenvalue weighted by Gasteiger charge is 2.26. The van der Waals surface area contributed by atoms with Gasteiger partial charge in [-0.1, -0.05) is 0 Å². The maximum Gasteiger partial charge on any atom is 0.272 e. The van der Waals surface area contributed by atoms with E-state index in [1.165, 1.54) is 12.4 Å². The number of hydrogen-bond donors (Lipinski definition) is 4. The lowest BCUT2D eigenvalue weighted by Crippen LogP contribution is -2.42. The van der Waals surface area contributed by atoms with Crippen molar-refractivity contribution < 1.29 is 19.2 Å². The minimum absolute atomic E-state index is 0.108. The number of anilines is 2. The molecule has 2 aromatic heterocycles. The molecule has 2 aliphatic rings. The van der Waals surface area contributed by atoms with E-state index in [4.69, 9.17) is 11.5 Å². The van der Waals surface area contributed by atoms with Crippen molar-refractivity contribution in [1.82, 2.24) is 30.4 Å². The van der Waals surface area contributed by atoms with E-state index in [2.05, 4.69) is 20.6 Å². The maximum absolute atomic E-state index is 12.6. The van der Waals surface area contributed by atoms with Crippen LogP contribution in [0.4, 0.5) is 11.4 Å². The quantitative estimate of drug-likeness (QED) is 0.358. The maximum atomic E-state index is 12.6. The highest BCUT2D eigenvalue weighted by Crippen LogP contribution is 2.20. The number of pyridine rings is 2. The van der Waals surface area contributed by atoms with E-state index < -0.39 is 0 Å². The van der Waals surface area contributed by atoms with E-state index in [-0.39, 0.29) is 48.3 Å². The summed E-state index contributed by atoms with van der Waals surface area (Å²) in [6.45, 7) is 3.51. The lowest BCUT2D eigenvalue weighted by atomic mass is 9.96. The van der Waals surface area contributed by atoms with Gasteiger partial charge in [-0.05, 0) is 61.8 Å². The van der Waals surface area contributed by atoms with Crippen LogP contribution >= 0.6 is 0 Å². The number of nitrogen functional groups attached to an aromatic ring is 2. The lowest BCUT2D eigenvalue weighted by molar-refractivity contribution is -0.126. The molecule has 0 bridgehead atoms. The first kappa shape index (κ1) is 28.8. The average molecular weight is 551 g/mol. The lowest BCUT2D eigenvalue weighted by Gasteiger charge is -2.32. The topological polar surface area (TPSA) is 177 Å². The van der Waals surface area contributed by atoms with Crippen LogP contribution in [0.3, 0.4) is 0 Å². The van der Waals surface area contributed by atoms with E-state index >= 15 is 0 Å². The van der Waals surface area contributed by atoms with Crippen LogP contribution in [0.5, 0.6) is 0 Å². The third-order valence-electron chi connectivity index (χ3n) is 7.57. The Labute approximate surface area is 233 Å². The molecule has 4 heterocycles. The number of likely N-dealkylation sites (tertiary alicyclic amines) is 2. The van der Waals surface area contributed by atoms with Gasteiger partial charge >= 0.3 is 0 Å². The van der Waals surface area contributed by atoms with Gasteiger partial charge in [0.25, 0.3) is 11.8 Å². The van der Waals surface area contributed by atoms with E-state index in [0.29, 0.717) is 62.0 Å². The molecule has 0 atom stereocenters. The predicted octanol–water partition coefficient (Wildman–Crippen LogP) is 1.06. The van der Waals surface area contributed by atoms with Crippen LogP contribution < -0.4 is 22.1 Å². The molecule has 12 heteroatoms. The van der Waals surface area contributed by atoms with Crippen LogP contribution in [0.15, 0.2) is 36.7 Å². The van der Waals surface area contributed by atoms with Gasteiger partial charge in [0.15, 0.2) is 0 Å². The molecule has 2 saturated heterocycles. The second-order valence-electron chi connectivity index (χ2n) is 10.5. The molecule has 4 amide bonds. The Morgan fingerprint density at radius 2 is 1.05 bits per heavy atom. The van der Waals surface area contributed by atoms with Crippen LogP contribution in [0.1, 0.15) is 59.5 Å². The van der Waals surface area contributed by atoms with Crippen molar-refractivity contribution in [2.75, 3.05) is 50.7 Å². The Bertz CT molecular complexity index is 1080. The van der Waals surface area contributed by atoms with Crippen molar-refractivity contribution in [3.63, 3.8) is 0 Å². The molecule has 0 radical (unpaired) electrons. The third kappa shape index (κ3) is 8.14. The molecule has 2 aliphatic heterocycles. The Hall–Kier alpha value is -4.22. The Kier molecular flexibility index (Phi) is 9.87. The second kappa shape index (κ2) is 13.7. The molecule has 0 spiro atoms. The van der Waals surface area contributed by atoms with E-state index in [1.54, 1.807) is 34.1 Å². The van der Waals surface area contributed by atoms with Gasteiger partial charge in [-0.15, -0.1) is 0 Å². The highest BCUT2D eigenvalue weighted by atomic mass is 16.2. The standard InChI is InChI=1S/C28H38N8O4/c29-21-1-3-23(31-17-21)27(39)35-11-7-19(8-12-35)15-33-25(37)5-6-26(38)34-16-20-9-13-36(14-10-20)28(40)24-4-2-22(30)18-32-24/h1-4,17-20H,5-16,29-30H2,(H,33,37)(H,34,38). The number of hydrogen-bond acceptors (Lipinski definition) is 8. The summed E-state index contributed by atoms with van der Waals surface area (Å²) in [5, 5.41) is 5.86. The van der Waals surface area contributed by atoms with Crippen molar-refractivity contribution in [1.29, 1.82) is 0 Å². The molecule has 2 aromatic rings. The molecule has 12 nitrogen and oxygen atoms in total. The molecule has 0 unspecified atom stereocenters. The fourth-order valence-corrected chi connectivity index (χ4v) is 4.99. The Balaban J connectivity index is 1.06. The van der Waals surface area contributed by atoms with Crippen molar-refractivity contribution in [3.8, 4) is 0 Å². The Morgan fingerprint density at radius 1 is 0.675 bits per heavy atom. The normalized spacial score (nSPS) is 16.4. The molecule has 214 valence electrons. The fourth-order valence-electron chi connectivity index (χ4n) is 4.99. The van der Waals surface area contributed by atoms with Gasteiger partial charge in [0.2, 0.25) is 11.8 Å². The van der Waals surface area contributed by atoms with E-state index in [0.717, 1.165) is 25.7 Å². The third-order valence-corrected chi connectivity index (χ3v) is 7.57. The van der Waals surface area contributed by atoms with Crippen LogP contribution in [-0.2, 0) is 9.59 Å². The zero-order valence-corrected chi connectivity index (χ0v) is 22.7. The zero-order chi connectivity index (χ0) is 28.5.